The minimum absolute atomic E-state index is 0.143. The first-order chi connectivity index (χ1) is 21.8. The number of ether oxygens (including phenoxy) is 2. The number of nitrogens with zero attached hydrogens (tertiary/aromatic N) is 2. The van der Waals surface area contributed by atoms with Crippen molar-refractivity contribution in [3.05, 3.63) is 58.1 Å². The van der Waals surface area contributed by atoms with Crippen molar-refractivity contribution in [2.45, 2.75) is 83.2 Å². The highest BCUT2D eigenvalue weighted by atomic mass is 35.5. The molecule has 2 aliphatic heterocycles. The number of amides is 2. The van der Waals surface area contributed by atoms with Crippen LogP contribution in [0.15, 0.2) is 40.8 Å². The molecule has 244 valence electrons. The molecule has 2 bridgehead atoms. The van der Waals surface area contributed by atoms with Gasteiger partial charge in [-0.25, -0.2) is 4.21 Å². The summed E-state index contributed by atoms with van der Waals surface area (Å²) >= 11 is 6.36. The molecule has 8 nitrogen and oxygen atoms in total. The molecular weight excluding hydrogens is 610 g/mol. The smallest absolute Gasteiger partial charge is 0.286 e. The van der Waals surface area contributed by atoms with E-state index in [1.165, 1.54) is 11.1 Å². The number of fused-ring (bicyclic) bond motifs is 5. The predicted molar refractivity (Wildman–Crippen MR) is 178 cm³/mol. The minimum atomic E-state index is -3.26. The lowest BCUT2D eigenvalue weighted by atomic mass is 9.69. The van der Waals surface area contributed by atoms with Gasteiger partial charge in [0, 0.05) is 43.1 Å². The van der Waals surface area contributed by atoms with Crippen LogP contribution in [0.25, 0.3) is 0 Å². The molecule has 0 spiro atoms. The Balaban J connectivity index is 1.38. The van der Waals surface area contributed by atoms with Gasteiger partial charge in [-0.2, -0.15) is 0 Å². The summed E-state index contributed by atoms with van der Waals surface area (Å²) < 4.78 is 33.3. The molecular formula is C35H46ClN3O5S. The monoisotopic (exact) mass is 655 g/mol. The second kappa shape index (κ2) is 14.0. The van der Waals surface area contributed by atoms with E-state index in [-0.39, 0.29) is 30.1 Å². The van der Waals surface area contributed by atoms with Crippen molar-refractivity contribution in [1.29, 1.82) is 0 Å². The third kappa shape index (κ3) is 7.20. The van der Waals surface area contributed by atoms with E-state index in [0.717, 1.165) is 80.9 Å². The maximum absolute atomic E-state index is 13.8. The maximum Gasteiger partial charge on any atom is 0.286 e. The summed E-state index contributed by atoms with van der Waals surface area (Å²) in [5, 5.41) is 0.772. The number of carbonyl (C=O) groups is 2. The van der Waals surface area contributed by atoms with E-state index in [1.807, 2.05) is 25.3 Å². The van der Waals surface area contributed by atoms with Crippen LogP contribution >= 0.6 is 11.6 Å². The maximum atomic E-state index is 13.8. The summed E-state index contributed by atoms with van der Waals surface area (Å²) in [6.45, 7) is 3.96. The van der Waals surface area contributed by atoms with Crippen LogP contribution in [0.2, 0.25) is 5.02 Å². The SMILES string of the molecule is CCC(=O)NS1(=O)=NC(=O)c2ccc3c(c2)N(CCC2CCc4cc(Cl)ccc4C2CO3)C[C@@H]2CC[C@H]2[C@@H](OC)CCCCC1. The van der Waals surface area contributed by atoms with Crippen molar-refractivity contribution < 1.29 is 23.3 Å². The lowest BCUT2D eigenvalue weighted by molar-refractivity contribution is -0.118. The van der Waals surface area contributed by atoms with Crippen molar-refractivity contribution in [1.82, 2.24) is 4.72 Å². The molecule has 2 amide bonds. The van der Waals surface area contributed by atoms with Crippen LogP contribution in [-0.4, -0.2) is 54.7 Å². The molecule has 2 aromatic carbocycles. The molecule has 1 fully saturated rings. The lowest BCUT2D eigenvalue weighted by Crippen LogP contribution is -2.44. The van der Waals surface area contributed by atoms with Crippen LogP contribution in [0, 0.1) is 17.8 Å². The van der Waals surface area contributed by atoms with Gasteiger partial charge in [0.15, 0.2) is 0 Å². The first-order valence-electron chi connectivity index (χ1n) is 16.7. The van der Waals surface area contributed by atoms with Gasteiger partial charge in [-0.05, 0) is 104 Å². The largest absolute Gasteiger partial charge is 0.491 e. The van der Waals surface area contributed by atoms with E-state index >= 15 is 0 Å². The van der Waals surface area contributed by atoms with Gasteiger partial charge in [0.1, 0.15) is 15.7 Å². The van der Waals surface area contributed by atoms with Gasteiger partial charge in [0.2, 0.25) is 5.91 Å². The molecule has 1 saturated carbocycles. The number of anilines is 1. The van der Waals surface area contributed by atoms with Crippen molar-refractivity contribution in [3.63, 3.8) is 0 Å². The zero-order valence-electron chi connectivity index (χ0n) is 26.5. The van der Waals surface area contributed by atoms with Gasteiger partial charge in [-0.3, -0.25) is 14.3 Å². The van der Waals surface area contributed by atoms with Gasteiger partial charge in [-0.1, -0.05) is 37.4 Å². The zero-order valence-corrected chi connectivity index (χ0v) is 28.0. The Kier molecular flexibility index (Phi) is 10.1. The molecule has 0 aromatic heterocycles. The Morgan fingerprint density at radius 3 is 2.73 bits per heavy atom. The van der Waals surface area contributed by atoms with Crippen LogP contribution in [0.4, 0.5) is 5.69 Å². The van der Waals surface area contributed by atoms with Crippen molar-refractivity contribution in [3.8, 4) is 5.75 Å². The molecule has 2 heterocycles. The van der Waals surface area contributed by atoms with E-state index in [1.54, 1.807) is 13.0 Å². The van der Waals surface area contributed by atoms with Gasteiger partial charge >= 0.3 is 0 Å². The molecule has 0 saturated heterocycles. The molecule has 10 heteroatoms. The number of methoxy groups -OCH3 is 1. The number of nitrogens with one attached hydrogen (secondary N) is 1. The second-order valence-corrected chi connectivity index (χ2v) is 15.7. The summed E-state index contributed by atoms with van der Waals surface area (Å²) in [6.07, 6.45) is 9.08. The van der Waals surface area contributed by atoms with Crippen molar-refractivity contribution in [2.24, 2.45) is 22.1 Å². The molecule has 4 aliphatic rings. The fourth-order valence-electron chi connectivity index (χ4n) is 7.83. The Morgan fingerprint density at radius 1 is 1.09 bits per heavy atom. The van der Waals surface area contributed by atoms with E-state index in [4.69, 9.17) is 21.1 Å². The molecule has 6 atom stereocenters. The average molecular weight is 656 g/mol. The van der Waals surface area contributed by atoms with Crippen LogP contribution < -0.4 is 14.4 Å². The summed E-state index contributed by atoms with van der Waals surface area (Å²) in [5.74, 6) is 1.64. The summed E-state index contributed by atoms with van der Waals surface area (Å²) in [7, 11) is -1.44. The molecule has 2 aliphatic carbocycles. The van der Waals surface area contributed by atoms with E-state index < -0.39 is 15.8 Å². The number of aryl methyl sites for hydroxylation is 1. The third-order valence-electron chi connectivity index (χ3n) is 10.5. The number of rotatable bonds is 3. The Hall–Kier alpha value is -2.62. The van der Waals surface area contributed by atoms with Crippen LogP contribution in [-0.2, 0) is 25.9 Å². The number of carbonyl (C=O) groups excluding carboxylic acids is 2. The second-order valence-electron chi connectivity index (χ2n) is 13.2. The van der Waals surface area contributed by atoms with E-state index in [2.05, 4.69) is 26.1 Å². The van der Waals surface area contributed by atoms with Crippen LogP contribution in [0.3, 0.4) is 0 Å². The van der Waals surface area contributed by atoms with Gasteiger partial charge in [0.05, 0.1) is 24.2 Å². The normalized spacial score (nSPS) is 30.4. The Labute approximate surface area is 272 Å². The van der Waals surface area contributed by atoms with Gasteiger partial charge in [0.25, 0.3) is 5.91 Å². The van der Waals surface area contributed by atoms with E-state index in [9.17, 15) is 13.8 Å². The third-order valence-corrected chi connectivity index (χ3v) is 12.6. The molecule has 2 aromatic rings. The quantitative estimate of drug-likeness (QED) is 0.385. The molecule has 0 radical (unpaired) electrons. The standard InChI is InChI=1S/C35H46ClN3O5S/c1-3-34(40)37-45(42)18-6-4-5-7-32(43-2)29-13-10-26(29)21-39-17-16-23-8-9-24-19-27(36)12-14-28(24)30(23)22-44-33-15-11-25(20-31(33)39)35(41)38-45/h11-12,14-15,19-20,23,26,29-30,32H,3-10,13,16-18,21-22H2,1-2H3,(H,37,38,40,41,42)/t23?,26-,29+,30?,32-,45?/m0/s1. The number of benzene rings is 2. The number of hydrogen-bond donors (Lipinski definition) is 1. The highest BCUT2D eigenvalue weighted by Gasteiger charge is 2.39. The fourth-order valence-corrected chi connectivity index (χ4v) is 9.73. The topological polar surface area (TPSA) is 97.3 Å². The molecule has 1 N–H and O–H groups in total. The minimum Gasteiger partial charge on any atom is -0.491 e. The number of hydrogen-bond acceptors (Lipinski definition) is 6. The summed E-state index contributed by atoms with van der Waals surface area (Å²) in [6, 6.07) is 11.7. The fraction of sp³-hybridized carbons (Fsp3) is 0.600. The Morgan fingerprint density at radius 2 is 1.96 bits per heavy atom. The molecule has 6 rings (SSSR count). The van der Waals surface area contributed by atoms with Gasteiger partial charge in [-0.15, -0.1) is 4.36 Å². The first kappa shape index (κ1) is 32.3. The predicted octanol–water partition coefficient (Wildman–Crippen LogP) is 6.94. The molecule has 3 unspecified atom stereocenters. The van der Waals surface area contributed by atoms with Crippen LogP contribution in [0.5, 0.6) is 5.75 Å². The van der Waals surface area contributed by atoms with Crippen molar-refractivity contribution in [2.75, 3.05) is 37.5 Å². The molecule has 45 heavy (non-hydrogen) atoms. The van der Waals surface area contributed by atoms with Crippen LogP contribution in [0.1, 0.15) is 92.1 Å². The van der Waals surface area contributed by atoms with Gasteiger partial charge < -0.3 is 14.4 Å². The average Bonchev–Trinajstić information content (AvgIpc) is 3.09. The summed E-state index contributed by atoms with van der Waals surface area (Å²) in [4.78, 5) is 28.3. The highest BCUT2D eigenvalue weighted by molar-refractivity contribution is 7.92. The highest BCUT2D eigenvalue weighted by Crippen LogP contribution is 2.45. The zero-order chi connectivity index (χ0) is 31.6. The van der Waals surface area contributed by atoms with E-state index in [0.29, 0.717) is 36.3 Å². The first-order valence-corrected chi connectivity index (χ1v) is 18.8. The number of halogens is 1. The van der Waals surface area contributed by atoms with Crippen molar-refractivity contribution >= 4 is 39.0 Å². The Bertz CT molecular complexity index is 1540. The summed E-state index contributed by atoms with van der Waals surface area (Å²) in [5.41, 5.74) is 3.87. The lowest BCUT2D eigenvalue weighted by Gasteiger charge is -2.44.